The van der Waals surface area contributed by atoms with E-state index < -0.39 is 0 Å². The minimum Gasteiger partial charge on any atom is -0.493 e. The Kier molecular flexibility index (Phi) is 7.56. The maximum atomic E-state index is 5.92. The molecule has 114 valence electrons. The molecule has 0 atom stereocenters. The van der Waals surface area contributed by atoms with Crippen molar-refractivity contribution in [1.29, 1.82) is 0 Å². The van der Waals surface area contributed by atoms with E-state index in [0.29, 0.717) is 6.61 Å². The van der Waals surface area contributed by atoms with E-state index in [1.165, 1.54) is 5.56 Å². The highest BCUT2D eigenvalue weighted by atomic mass is 79.9. The van der Waals surface area contributed by atoms with Crippen LogP contribution < -0.4 is 10.1 Å². The maximum absolute atomic E-state index is 5.92. The number of benzene rings is 1. The van der Waals surface area contributed by atoms with Gasteiger partial charge in [0.2, 0.25) is 0 Å². The molecule has 0 unspecified atom stereocenters. The van der Waals surface area contributed by atoms with Gasteiger partial charge >= 0.3 is 0 Å². The lowest BCUT2D eigenvalue weighted by atomic mass is 10.1. The zero-order valence-corrected chi connectivity index (χ0v) is 14.5. The second kappa shape index (κ2) is 8.65. The molecule has 0 aromatic heterocycles. The molecule has 0 saturated heterocycles. The van der Waals surface area contributed by atoms with Crippen molar-refractivity contribution in [2.75, 3.05) is 20.3 Å². The zero-order valence-electron chi connectivity index (χ0n) is 13.0. The van der Waals surface area contributed by atoms with Crippen molar-refractivity contribution in [1.82, 2.24) is 5.32 Å². The van der Waals surface area contributed by atoms with Crippen LogP contribution in [0.3, 0.4) is 0 Å². The Morgan fingerprint density at radius 2 is 2.05 bits per heavy atom. The van der Waals surface area contributed by atoms with Crippen LogP contribution in [0.4, 0.5) is 0 Å². The molecule has 0 aliphatic carbocycles. The number of nitrogens with one attached hydrogen (secondary N) is 1. The molecule has 1 N–H and O–H groups in total. The second-order valence-corrected chi connectivity index (χ2v) is 6.41. The van der Waals surface area contributed by atoms with Gasteiger partial charge in [-0.05, 0) is 45.0 Å². The lowest BCUT2D eigenvalue weighted by Gasteiger charge is -2.23. The van der Waals surface area contributed by atoms with Crippen molar-refractivity contribution >= 4 is 15.9 Å². The molecular weight excluding hydrogens is 318 g/mol. The van der Waals surface area contributed by atoms with Gasteiger partial charge in [-0.25, -0.2) is 0 Å². The van der Waals surface area contributed by atoms with Crippen LogP contribution in [-0.4, -0.2) is 25.9 Å². The second-order valence-electron chi connectivity index (χ2n) is 5.49. The molecule has 0 aliphatic rings. The molecular formula is C16H26BrNO2. The van der Waals surface area contributed by atoms with E-state index in [4.69, 9.17) is 9.47 Å². The number of halogens is 1. The molecule has 0 fully saturated rings. The van der Waals surface area contributed by atoms with E-state index in [1.54, 1.807) is 7.11 Å². The van der Waals surface area contributed by atoms with Crippen LogP contribution >= 0.6 is 15.9 Å². The van der Waals surface area contributed by atoms with Gasteiger partial charge in [0.1, 0.15) is 5.75 Å². The molecule has 0 heterocycles. The fourth-order valence-corrected chi connectivity index (χ4v) is 2.14. The fourth-order valence-electron chi connectivity index (χ4n) is 1.74. The Hall–Kier alpha value is -0.580. The third-order valence-electron chi connectivity index (χ3n) is 3.28. The predicted molar refractivity (Wildman–Crippen MR) is 87.3 cm³/mol. The van der Waals surface area contributed by atoms with Crippen molar-refractivity contribution in [2.45, 2.75) is 45.8 Å². The summed E-state index contributed by atoms with van der Waals surface area (Å²) < 4.78 is 12.4. The zero-order chi connectivity index (χ0) is 15.0. The Balaban J connectivity index is 2.59. The minimum absolute atomic E-state index is 0.143. The molecule has 0 bridgehead atoms. The fraction of sp³-hybridized carbons (Fsp3) is 0.625. The van der Waals surface area contributed by atoms with Gasteiger partial charge in [-0.1, -0.05) is 22.9 Å². The third kappa shape index (κ3) is 6.25. The average molecular weight is 344 g/mol. The molecule has 1 aromatic rings. The van der Waals surface area contributed by atoms with Gasteiger partial charge in [-0.15, -0.1) is 0 Å². The van der Waals surface area contributed by atoms with Gasteiger partial charge in [-0.3, -0.25) is 0 Å². The highest BCUT2D eigenvalue weighted by Gasteiger charge is 2.16. The Morgan fingerprint density at radius 1 is 1.30 bits per heavy atom. The summed E-state index contributed by atoms with van der Waals surface area (Å²) in [7, 11) is 1.74. The van der Waals surface area contributed by atoms with Crippen molar-refractivity contribution < 1.29 is 9.47 Å². The molecule has 0 radical (unpaired) electrons. The Labute approximate surface area is 131 Å². The van der Waals surface area contributed by atoms with Crippen LogP contribution in [-0.2, 0) is 11.3 Å². The smallest absolute Gasteiger partial charge is 0.123 e. The maximum Gasteiger partial charge on any atom is 0.123 e. The summed E-state index contributed by atoms with van der Waals surface area (Å²) in [4.78, 5) is 0. The SMILES string of the molecule is CCCNCc1cc(Br)ccc1OCCC(C)(C)OC. The number of hydrogen-bond donors (Lipinski definition) is 1. The number of methoxy groups -OCH3 is 1. The number of rotatable bonds is 9. The average Bonchev–Trinajstić information content (AvgIpc) is 2.41. The van der Waals surface area contributed by atoms with Crippen LogP contribution in [0.25, 0.3) is 0 Å². The first-order valence-electron chi connectivity index (χ1n) is 7.15. The first kappa shape index (κ1) is 17.5. The van der Waals surface area contributed by atoms with Crippen LogP contribution in [0.15, 0.2) is 22.7 Å². The summed E-state index contributed by atoms with van der Waals surface area (Å²) in [6, 6.07) is 6.15. The number of ether oxygens (including phenoxy) is 2. The molecule has 0 amide bonds. The predicted octanol–water partition coefficient (Wildman–Crippen LogP) is 4.14. The first-order valence-corrected chi connectivity index (χ1v) is 7.95. The van der Waals surface area contributed by atoms with Crippen molar-refractivity contribution in [3.05, 3.63) is 28.2 Å². The third-order valence-corrected chi connectivity index (χ3v) is 3.77. The molecule has 4 heteroatoms. The van der Waals surface area contributed by atoms with E-state index in [-0.39, 0.29) is 5.60 Å². The van der Waals surface area contributed by atoms with E-state index in [2.05, 4.69) is 48.1 Å². The van der Waals surface area contributed by atoms with Gasteiger partial charge in [-0.2, -0.15) is 0 Å². The normalized spacial score (nSPS) is 11.7. The number of hydrogen-bond acceptors (Lipinski definition) is 3. The van der Waals surface area contributed by atoms with Crippen molar-refractivity contribution in [3.8, 4) is 5.75 Å². The van der Waals surface area contributed by atoms with Gasteiger partial charge < -0.3 is 14.8 Å². The van der Waals surface area contributed by atoms with E-state index in [0.717, 1.165) is 36.2 Å². The van der Waals surface area contributed by atoms with Crippen LogP contribution in [0.1, 0.15) is 39.2 Å². The van der Waals surface area contributed by atoms with Crippen LogP contribution in [0.5, 0.6) is 5.75 Å². The topological polar surface area (TPSA) is 30.5 Å². The molecule has 0 saturated carbocycles. The largest absolute Gasteiger partial charge is 0.493 e. The first-order chi connectivity index (χ1) is 9.48. The highest BCUT2D eigenvalue weighted by Crippen LogP contribution is 2.24. The monoisotopic (exact) mass is 343 g/mol. The Morgan fingerprint density at radius 3 is 2.70 bits per heavy atom. The molecule has 20 heavy (non-hydrogen) atoms. The van der Waals surface area contributed by atoms with Gasteiger partial charge in [0, 0.05) is 30.1 Å². The summed E-state index contributed by atoms with van der Waals surface area (Å²) in [5.74, 6) is 0.948. The van der Waals surface area contributed by atoms with E-state index >= 15 is 0 Å². The standard InChI is InChI=1S/C16H26BrNO2/c1-5-9-18-12-13-11-14(17)6-7-15(13)20-10-8-16(2,3)19-4/h6-7,11,18H,5,8-10,12H2,1-4H3. The van der Waals surface area contributed by atoms with Gasteiger partial charge in [0.15, 0.2) is 0 Å². The lowest BCUT2D eigenvalue weighted by Crippen LogP contribution is -2.25. The summed E-state index contributed by atoms with van der Waals surface area (Å²) in [5.41, 5.74) is 1.04. The molecule has 0 aliphatic heterocycles. The van der Waals surface area contributed by atoms with Gasteiger partial charge in [0.05, 0.1) is 12.2 Å². The molecule has 1 rings (SSSR count). The summed E-state index contributed by atoms with van der Waals surface area (Å²) >= 11 is 3.51. The van der Waals surface area contributed by atoms with E-state index in [1.807, 2.05) is 12.1 Å². The highest BCUT2D eigenvalue weighted by molar-refractivity contribution is 9.10. The lowest BCUT2D eigenvalue weighted by molar-refractivity contribution is 0.00537. The van der Waals surface area contributed by atoms with E-state index in [9.17, 15) is 0 Å². The van der Waals surface area contributed by atoms with Crippen LogP contribution in [0, 0.1) is 0 Å². The minimum atomic E-state index is -0.143. The van der Waals surface area contributed by atoms with Crippen LogP contribution in [0.2, 0.25) is 0 Å². The summed E-state index contributed by atoms with van der Waals surface area (Å²) in [5, 5.41) is 3.41. The summed E-state index contributed by atoms with van der Waals surface area (Å²) in [6.45, 7) is 8.81. The van der Waals surface area contributed by atoms with Crippen molar-refractivity contribution in [2.24, 2.45) is 0 Å². The van der Waals surface area contributed by atoms with Gasteiger partial charge in [0.25, 0.3) is 0 Å². The van der Waals surface area contributed by atoms with Crippen molar-refractivity contribution in [3.63, 3.8) is 0 Å². The summed E-state index contributed by atoms with van der Waals surface area (Å²) in [6.07, 6.45) is 1.99. The molecule has 3 nitrogen and oxygen atoms in total. The molecule has 0 spiro atoms. The molecule has 1 aromatic carbocycles. The Bertz CT molecular complexity index is 407. The quantitative estimate of drug-likeness (QED) is 0.683.